The Hall–Kier alpha value is -1.47. The molecule has 0 saturated carbocycles. The number of nitrogens with zero attached hydrogens (tertiary/aromatic N) is 3. The van der Waals surface area contributed by atoms with Crippen molar-refractivity contribution < 1.29 is 9.53 Å². The van der Waals surface area contributed by atoms with Crippen LogP contribution in [0.2, 0.25) is 0 Å². The van der Waals surface area contributed by atoms with Crippen LogP contribution in [0.4, 0.5) is 0 Å². The Balaban J connectivity index is 1.67. The van der Waals surface area contributed by atoms with E-state index in [4.69, 9.17) is 4.74 Å². The molecule has 1 aliphatic heterocycles. The van der Waals surface area contributed by atoms with Crippen molar-refractivity contribution in [1.82, 2.24) is 25.6 Å². The number of rotatable bonds is 8. The molecule has 1 amide bonds. The van der Waals surface area contributed by atoms with E-state index in [2.05, 4.69) is 34.8 Å². The second-order valence-corrected chi connectivity index (χ2v) is 5.87. The molecular weight excluding hydrogens is 270 g/mol. The highest BCUT2D eigenvalue weighted by molar-refractivity contribution is 5.75. The molecule has 1 aliphatic rings. The van der Waals surface area contributed by atoms with Crippen LogP contribution in [0, 0.1) is 5.92 Å². The number of ether oxygens (including phenoxy) is 1. The van der Waals surface area contributed by atoms with Crippen molar-refractivity contribution in [2.24, 2.45) is 5.92 Å². The molecule has 118 valence electrons. The lowest BCUT2D eigenvalue weighted by atomic mass is 10.2. The molecular formula is C14H25N5O2. The van der Waals surface area contributed by atoms with Crippen LogP contribution >= 0.6 is 0 Å². The fraction of sp³-hybridized carbons (Fsp3) is 0.786. The minimum Gasteiger partial charge on any atom is -0.376 e. The Morgan fingerprint density at radius 2 is 2.43 bits per heavy atom. The summed E-state index contributed by atoms with van der Waals surface area (Å²) < 4.78 is 7.03. The van der Waals surface area contributed by atoms with Gasteiger partial charge in [0.05, 0.1) is 18.0 Å². The molecule has 1 unspecified atom stereocenters. The molecule has 21 heavy (non-hydrogen) atoms. The van der Waals surface area contributed by atoms with Gasteiger partial charge in [0, 0.05) is 19.7 Å². The van der Waals surface area contributed by atoms with Crippen LogP contribution in [0.1, 0.15) is 32.4 Å². The van der Waals surface area contributed by atoms with Crippen molar-refractivity contribution in [3.05, 3.63) is 11.9 Å². The normalized spacial score (nSPS) is 18.3. The fourth-order valence-corrected chi connectivity index (χ4v) is 2.22. The third-order valence-corrected chi connectivity index (χ3v) is 3.30. The van der Waals surface area contributed by atoms with Gasteiger partial charge in [0.15, 0.2) is 0 Å². The maximum absolute atomic E-state index is 11.8. The summed E-state index contributed by atoms with van der Waals surface area (Å²) in [4.78, 5) is 11.8. The zero-order valence-electron chi connectivity index (χ0n) is 12.8. The standard InChI is InChI=1S/C14H25N5O2/c1-11(2)6-15-7-12-9-19(18-17-12)10-14(20)16-8-13-4-3-5-21-13/h9,11,13,15H,3-8,10H2,1-2H3,(H,16,20). The van der Waals surface area contributed by atoms with Crippen LogP contribution in [0.25, 0.3) is 0 Å². The summed E-state index contributed by atoms with van der Waals surface area (Å²) in [6.07, 6.45) is 4.07. The SMILES string of the molecule is CC(C)CNCc1cn(CC(=O)NCC2CCCO2)nn1. The van der Waals surface area contributed by atoms with E-state index in [1.54, 1.807) is 10.9 Å². The summed E-state index contributed by atoms with van der Waals surface area (Å²) >= 11 is 0. The van der Waals surface area contributed by atoms with Crippen molar-refractivity contribution in [1.29, 1.82) is 0 Å². The Bertz CT molecular complexity index is 440. The number of nitrogens with one attached hydrogen (secondary N) is 2. The summed E-state index contributed by atoms with van der Waals surface area (Å²) in [5.74, 6) is 0.542. The minimum atomic E-state index is -0.0583. The van der Waals surface area contributed by atoms with E-state index >= 15 is 0 Å². The van der Waals surface area contributed by atoms with Crippen molar-refractivity contribution in [3.8, 4) is 0 Å². The molecule has 0 aliphatic carbocycles. The minimum absolute atomic E-state index is 0.0583. The van der Waals surface area contributed by atoms with E-state index in [9.17, 15) is 4.79 Å². The topological polar surface area (TPSA) is 81.1 Å². The van der Waals surface area contributed by atoms with Crippen LogP contribution in [0.5, 0.6) is 0 Å². The predicted octanol–water partition coefficient (Wildman–Crippen LogP) is 0.319. The highest BCUT2D eigenvalue weighted by Crippen LogP contribution is 2.10. The molecule has 0 radical (unpaired) electrons. The first-order valence-electron chi connectivity index (χ1n) is 7.61. The number of carbonyl (C=O) groups is 1. The zero-order chi connectivity index (χ0) is 15.1. The summed E-state index contributed by atoms with van der Waals surface area (Å²) in [6.45, 7) is 7.51. The zero-order valence-corrected chi connectivity index (χ0v) is 12.8. The predicted molar refractivity (Wildman–Crippen MR) is 78.6 cm³/mol. The molecule has 0 spiro atoms. The second-order valence-electron chi connectivity index (χ2n) is 5.87. The number of carbonyl (C=O) groups excluding carboxylic acids is 1. The lowest BCUT2D eigenvalue weighted by Gasteiger charge is -2.10. The summed E-state index contributed by atoms with van der Waals surface area (Å²) in [5.41, 5.74) is 0.850. The van der Waals surface area contributed by atoms with E-state index in [-0.39, 0.29) is 18.6 Å². The van der Waals surface area contributed by atoms with Gasteiger partial charge in [0.25, 0.3) is 0 Å². The number of hydrogen-bond acceptors (Lipinski definition) is 5. The van der Waals surface area contributed by atoms with Gasteiger partial charge in [-0.3, -0.25) is 4.79 Å². The van der Waals surface area contributed by atoms with Crippen molar-refractivity contribution in [3.63, 3.8) is 0 Å². The van der Waals surface area contributed by atoms with E-state index < -0.39 is 0 Å². The molecule has 7 heteroatoms. The van der Waals surface area contributed by atoms with Gasteiger partial charge in [-0.15, -0.1) is 5.10 Å². The third kappa shape index (κ3) is 5.81. The lowest BCUT2D eigenvalue weighted by molar-refractivity contribution is -0.122. The number of amides is 1. The van der Waals surface area contributed by atoms with Crippen molar-refractivity contribution >= 4 is 5.91 Å². The maximum atomic E-state index is 11.8. The molecule has 1 aromatic heterocycles. The Morgan fingerprint density at radius 3 is 3.14 bits per heavy atom. The Morgan fingerprint density at radius 1 is 1.57 bits per heavy atom. The number of aromatic nitrogens is 3. The average molecular weight is 295 g/mol. The van der Waals surface area contributed by atoms with E-state index in [1.165, 1.54) is 0 Å². The van der Waals surface area contributed by atoms with Gasteiger partial charge in [0.1, 0.15) is 6.54 Å². The van der Waals surface area contributed by atoms with Crippen LogP contribution in [-0.2, 0) is 22.6 Å². The largest absolute Gasteiger partial charge is 0.376 e. The molecule has 1 saturated heterocycles. The highest BCUT2D eigenvalue weighted by Gasteiger charge is 2.16. The van der Waals surface area contributed by atoms with Gasteiger partial charge in [-0.2, -0.15) is 0 Å². The van der Waals surface area contributed by atoms with E-state index in [1.807, 2.05) is 0 Å². The molecule has 1 fully saturated rings. The molecule has 0 aromatic carbocycles. The van der Waals surface area contributed by atoms with Gasteiger partial charge < -0.3 is 15.4 Å². The van der Waals surface area contributed by atoms with Crippen molar-refractivity contribution in [2.45, 2.75) is 45.9 Å². The smallest absolute Gasteiger partial charge is 0.241 e. The first-order chi connectivity index (χ1) is 10.1. The third-order valence-electron chi connectivity index (χ3n) is 3.30. The second kappa shape index (κ2) is 8.09. The Labute approximate surface area is 125 Å². The summed E-state index contributed by atoms with van der Waals surface area (Å²) in [7, 11) is 0. The van der Waals surface area contributed by atoms with Crippen LogP contribution < -0.4 is 10.6 Å². The van der Waals surface area contributed by atoms with Crippen LogP contribution in [-0.4, -0.2) is 46.7 Å². The van der Waals surface area contributed by atoms with Crippen molar-refractivity contribution in [2.75, 3.05) is 19.7 Å². The molecule has 2 heterocycles. The fourth-order valence-electron chi connectivity index (χ4n) is 2.22. The quantitative estimate of drug-likeness (QED) is 0.722. The van der Waals surface area contributed by atoms with E-state index in [0.717, 1.165) is 31.7 Å². The summed E-state index contributed by atoms with van der Waals surface area (Å²) in [5, 5.41) is 14.2. The molecule has 0 bridgehead atoms. The lowest BCUT2D eigenvalue weighted by Crippen LogP contribution is -2.34. The van der Waals surface area contributed by atoms with E-state index in [0.29, 0.717) is 19.0 Å². The first-order valence-corrected chi connectivity index (χ1v) is 7.61. The average Bonchev–Trinajstić information content (AvgIpc) is 3.08. The van der Waals surface area contributed by atoms with Gasteiger partial charge in [-0.25, -0.2) is 4.68 Å². The van der Waals surface area contributed by atoms with Gasteiger partial charge in [0.2, 0.25) is 5.91 Å². The van der Waals surface area contributed by atoms with Crippen LogP contribution in [0.15, 0.2) is 6.20 Å². The monoisotopic (exact) mass is 295 g/mol. The maximum Gasteiger partial charge on any atom is 0.241 e. The first kappa shape index (κ1) is 15.9. The Kier molecular flexibility index (Phi) is 6.13. The van der Waals surface area contributed by atoms with Crippen LogP contribution in [0.3, 0.4) is 0 Å². The molecule has 1 atom stereocenters. The van der Waals surface area contributed by atoms with Gasteiger partial charge in [-0.05, 0) is 25.3 Å². The van der Waals surface area contributed by atoms with Gasteiger partial charge >= 0.3 is 0 Å². The molecule has 2 rings (SSSR count). The molecule has 7 nitrogen and oxygen atoms in total. The molecule has 2 N–H and O–H groups in total. The highest BCUT2D eigenvalue weighted by atomic mass is 16.5. The van der Waals surface area contributed by atoms with Gasteiger partial charge in [-0.1, -0.05) is 19.1 Å². The number of hydrogen-bond donors (Lipinski definition) is 2. The summed E-state index contributed by atoms with van der Waals surface area (Å²) in [6, 6.07) is 0. The molecule has 1 aromatic rings.